The topological polar surface area (TPSA) is 35.2 Å². The lowest BCUT2D eigenvalue weighted by Gasteiger charge is -2.20. The summed E-state index contributed by atoms with van der Waals surface area (Å²) in [5, 5.41) is 0. The van der Waals surface area contributed by atoms with Gasteiger partial charge in [-0.15, -0.1) is 0 Å². The molecule has 0 saturated carbocycles. The molecule has 4 rings (SSSR count). The molecule has 1 aromatic heterocycles. The summed E-state index contributed by atoms with van der Waals surface area (Å²) in [5.74, 6) is 1.00. The average molecular weight is 332 g/mol. The number of imidazole rings is 1. The van der Waals surface area contributed by atoms with Crippen LogP contribution in [-0.4, -0.2) is 47.6 Å². The molecular formula is C21H24N4. The van der Waals surface area contributed by atoms with Gasteiger partial charge in [-0.25, -0.2) is 4.98 Å². The van der Waals surface area contributed by atoms with Gasteiger partial charge in [-0.05, 0) is 24.1 Å². The standard InChI is InChI=1S/C21H24N4/c1-2-8-18(9-3-1)10-6-13-24-14-7-15-25(17-16-24)21-22-19-11-4-5-12-20(19)23-21/h1-6,8-12H,7,13-17H2,(H,22,23)/b10-6+. The van der Waals surface area contributed by atoms with Gasteiger partial charge in [-0.1, -0.05) is 54.6 Å². The third kappa shape index (κ3) is 3.91. The molecule has 1 aliphatic rings. The molecule has 2 aromatic carbocycles. The highest BCUT2D eigenvalue weighted by Crippen LogP contribution is 2.18. The molecule has 128 valence electrons. The van der Waals surface area contributed by atoms with E-state index in [-0.39, 0.29) is 0 Å². The number of para-hydroxylation sites is 2. The maximum atomic E-state index is 4.74. The predicted octanol–water partition coefficient (Wildman–Crippen LogP) is 3.79. The van der Waals surface area contributed by atoms with Crippen LogP contribution in [0.1, 0.15) is 12.0 Å². The van der Waals surface area contributed by atoms with Crippen molar-refractivity contribution in [3.05, 3.63) is 66.2 Å². The van der Waals surface area contributed by atoms with E-state index in [1.165, 1.54) is 5.56 Å². The molecule has 0 bridgehead atoms. The Hall–Kier alpha value is -2.59. The number of aromatic nitrogens is 2. The zero-order valence-corrected chi connectivity index (χ0v) is 14.4. The number of fused-ring (bicyclic) bond motifs is 1. The van der Waals surface area contributed by atoms with Crippen molar-refractivity contribution in [1.29, 1.82) is 0 Å². The maximum Gasteiger partial charge on any atom is 0.203 e. The lowest BCUT2D eigenvalue weighted by Crippen LogP contribution is -2.31. The summed E-state index contributed by atoms with van der Waals surface area (Å²) in [6.45, 7) is 5.27. The van der Waals surface area contributed by atoms with Gasteiger partial charge in [0.25, 0.3) is 0 Å². The van der Waals surface area contributed by atoms with Crippen LogP contribution in [0.15, 0.2) is 60.7 Å². The third-order valence-electron chi connectivity index (χ3n) is 4.74. The first-order chi connectivity index (χ1) is 12.4. The number of aromatic amines is 1. The van der Waals surface area contributed by atoms with Crippen LogP contribution in [0.5, 0.6) is 0 Å². The van der Waals surface area contributed by atoms with Crippen molar-refractivity contribution >= 4 is 23.1 Å². The summed E-state index contributed by atoms with van der Waals surface area (Å²) in [4.78, 5) is 13.1. The Kier molecular flexibility index (Phi) is 4.79. The molecule has 4 nitrogen and oxygen atoms in total. The largest absolute Gasteiger partial charge is 0.341 e. The second-order valence-electron chi connectivity index (χ2n) is 6.53. The SMILES string of the molecule is C(=C\c1ccccc1)/CN1CCCN(c2nc3ccccc3[nH]2)CC1. The third-order valence-corrected chi connectivity index (χ3v) is 4.74. The summed E-state index contributed by atoms with van der Waals surface area (Å²) in [5.41, 5.74) is 3.43. The van der Waals surface area contributed by atoms with Crippen LogP contribution in [0.2, 0.25) is 0 Å². The minimum Gasteiger partial charge on any atom is -0.341 e. The lowest BCUT2D eigenvalue weighted by atomic mass is 10.2. The maximum absolute atomic E-state index is 4.74. The molecule has 1 aliphatic heterocycles. The summed E-state index contributed by atoms with van der Waals surface area (Å²) < 4.78 is 0. The summed E-state index contributed by atoms with van der Waals surface area (Å²) in [6.07, 6.45) is 5.64. The Morgan fingerprint density at radius 1 is 0.920 bits per heavy atom. The quantitative estimate of drug-likeness (QED) is 0.789. The van der Waals surface area contributed by atoms with Crippen LogP contribution in [0, 0.1) is 0 Å². The van der Waals surface area contributed by atoms with E-state index in [0.29, 0.717) is 0 Å². The van der Waals surface area contributed by atoms with Gasteiger partial charge in [0.05, 0.1) is 11.0 Å². The highest BCUT2D eigenvalue weighted by atomic mass is 15.3. The summed E-state index contributed by atoms with van der Waals surface area (Å²) in [7, 11) is 0. The number of H-pyrrole nitrogens is 1. The zero-order valence-electron chi connectivity index (χ0n) is 14.4. The second-order valence-corrected chi connectivity index (χ2v) is 6.53. The van der Waals surface area contributed by atoms with Crippen molar-refractivity contribution in [3.8, 4) is 0 Å². The van der Waals surface area contributed by atoms with Gasteiger partial charge < -0.3 is 9.88 Å². The van der Waals surface area contributed by atoms with Crippen LogP contribution in [0.4, 0.5) is 5.95 Å². The van der Waals surface area contributed by atoms with Crippen LogP contribution in [0.3, 0.4) is 0 Å². The molecule has 1 saturated heterocycles. The molecule has 25 heavy (non-hydrogen) atoms. The molecule has 0 aliphatic carbocycles. The first kappa shape index (κ1) is 15.9. The van der Waals surface area contributed by atoms with Crippen molar-refractivity contribution in [1.82, 2.24) is 14.9 Å². The van der Waals surface area contributed by atoms with Crippen molar-refractivity contribution < 1.29 is 0 Å². The van der Waals surface area contributed by atoms with E-state index in [1.807, 2.05) is 12.1 Å². The second kappa shape index (κ2) is 7.53. The number of nitrogens with one attached hydrogen (secondary N) is 1. The minimum atomic E-state index is 1.00. The normalized spacial score (nSPS) is 16.6. The lowest BCUT2D eigenvalue weighted by molar-refractivity contribution is 0.326. The van der Waals surface area contributed by atoms with E-state index in [4.69, 9.17) is 4.98 Å². The number of anilines is 1. The number of benzene rings is 2. The fraction of sp³-hybridized carbons (Fsp3) is 0.286. The molecule has 0 amide bonds. The number of nitrogens with zero attached hydrogens (tertiary/aromatic N) is 3. The van der Waals surface area contributed by atoms with Crippen molar-refractivity contribution in [2.75, 3.05) is 37.6 Å². The van der Waals surface area contributed by atoms with Crippen LogP contribution >= 0.6 is 0 Å². The fourth-order valence-electron chi connectivity index (χ4n) is 3.36. The van der Waals surface area contributed by atoms with E-state index in [9.17, 15) is 0 Å². The first-order valence-electron chi connectivity index (χ1n) is 9.02. The fourth-order valence-corrected chi connectivity index (χ4v) is 3.36. The molecule has 1 fully saturated rings. The zero-order chi connectivity index (χ0) is 16.9. The van der Waals surface area contributed by atoms with Gasteiger partial charge in [0.2, 0.25) is 5.95 Å². The van der Waals surface area contributed by atoms with Crippen LogP contribution in [-0.2, 0) is 0 Å². The Morgan fingerprint density at radius 2 is 1.76 bits per heavy atom. The number of rotatable bonds is 4. The van der Waals surface area contributed by atoms with E-state index < -0.39 is 0 Å². The average Bonchev–Trinajstić information content (AvgIpc) is 2.95. The van der Waals surface area contributed by atoms with Gasteiger partial charge in [0.15, 0.2) is 0 Å². The first-order valence-corrected chi connectivity index (χ1v) is 9.02. The molecule has 0 unspecified atom stereocenters. The van der Waals surface area contributed by atoms with E-state index >= 15 is 0 Å². The Labute approximate surface area is 148 Å². The van der Waals surface area contributed by atoms with Crippen molar-refractivity contribution in [2.45, 2.75) is 6.42 Å². The van der Waals surface area contributed by atoms with E-state index in [1.54, 1.807) is 0 Å². The van der Waals surface area contributed by atoms with Gasteiger partial charge >= 0.3 is 0 Å². The minimum absolute atomic E-state index is 1.00. The molecule has 0 spiro atoms. The number of hydrogen-bond acceptors (Lipinski definition) is 3. The molecule has 1 N–H and O–H groups in total. The van der Waals surface area contributed by atoms with Gasteiger partial charge in [0.1, 0.15) is 0 Å². The molecule has 2 heterocycles. The molecular weight excluding hydrogens is 308 g/mol. The monoisotopic (exact) mass is 332 g/mol. The molecule has 0 radical (unpaired) electrons. The Balaban J connectivity index is 1.36. The highest BCUT2D eigenvalue weighted by molar-refractivity contribution is 5.77. The van der Waals surface area contributed by atoms with E-state index in [2.05, 4.69) is 69.4 Å². The van der Waals surface area contributed by atoms with Crippen molar-refractivity contribution in [2.24, 2.45) is 0 Å². The van der Waals surface area contributed by atoms with Crippen LogP contribution < -0.4 is 4.90 Å². The Morgan fingerprint density at radius 3 is 2.64 bits per heavy atom. The summed E-state index contributed by atoms with van der Waals surface area (Å²) >= 11 is 0. The van der Waals surface area contributed by atoms with Gasteiger partial charge in [-0.2, -0.15) is 0 Å². The Bertz CT molecular complexity index is 804. The number of hydrogen-bond donors (Lipinski definition) is 1. The molecule has 3 aromatic rings. The summed E-state index contributed by atoms with van der Waals surface area (Å²) in [6, 6.07) is 18.7. The predicted molar refractivity (Wildman–Crippen MR) is 105 cm³/mol. The van der Waals surface area contributed by atoms with Gasteiger partial charge in [-0.3, -0.25) is 4.90 Å². The molecule has 0 atom stereocenters. The van der Waals surface area contributed by atoms with E-state index in [0.717, 1.165) is 56.1 Å². The van der Waals surface area contributed by atoms with Crippen molar-refractivity contribution in [3.63, 3.8) is 0 Å². The van der Waals surface area contributed by atoms with Crippen LogP contribution in [0.25, 0.3) is 17.1 Å². The van der Waals surface area contributed by atoms with Gasteiger partial charge in [0, 0.05) is 32.7 Å². The highest BCUT2D eigenvalue weighted by Gasteiger charge is 2.16. The smallest absolute Gasteiger partial charge is 0.203 e. The molecule has 4 heteroatoms.